The molecule has 1 aliphatic heterocycles. The Kier molecular flexibility index (Phi) is 7.03. The maximum absolute atomic E-state index is 14.0. The number of nitrogens with one attached hydrogen (secondary N) is 1. The van der Waals surface area contributed by atoms with E-state index in [1.807, 2.05) is 42.5 Å². The first-order chi connectivity index (χ1) is 19.8. The van der Waals surface area contributed by atoms with Crippen LogP contribution in [0.3, 0.4) is 0 Å². The molecule has 1 heterocycles. The Hall–Kier alpha value is -4.17. The van der Waals surface area contributed by atoms with Crippen LogP contribution < -0.4 is 5.32 Å². The quantitative estimate of drug-likeness (QED) is 0.422. The molecule has 2 fully saturated rings. The molecule has 41 heavy (non-hydrogen) atoms. The summed E-state index contributed by atoms with van der Waals surface area (Å²) in [5.74, 6) is -1.48. The second-order valence-electron chi connectivity index (χ2n) is 11.5. The monoisotopic (exact) mass is 553 g/mol. The smallest absolute Gasteiger partial charge is 0.408 e. The van der Waals surface area contributed by atoms with Gasteiger partial charge in [-0.3, -0.25) is 9.69 Å². The lowest BCUT2D eigenvalue weighted by molar-refractivity contribution is -0.154. The topological polar surface area (TPSA) is 99.2 Å². The number of carbonyl (C=O) groups excluding carboxylic acids is 2. The number of nitrogens with zero attached hydrogens (tertiary/aromatic N) is 2. The zero-order valence-electron chi connectivity index (χ0n) is 23.2. The largest absolute Gasteiger partial charge is 0.479 e. The zero-order valence-corrected chi connectivity index (χ0v) is 23.2. The average molecular weight is 554 g/mol. The molecule has 8 heteroatoms. The van der Waals surface area contributed by atoms with Gasteiger partial charge in [-0.15, -0.1) is 0 Å². The molecule has 0 aromatic heterocycles. The summed E-state index contributed by atoms with van der Waals surface area (Å²) in [5.41, 5.74) is 3.23. The van der Waals surface area contributed by atoms with Crippen LogP contribution in [0.4, 0.5) is 4.79 Å². The van der Waals surface area contributed by atoms with E-state index in [2.05, 4.69) is 46.6 Å². The lowest BCUT2D eigenvalue weighted by Crippen LogP contribution is -2.65. The number of alkyl carbamates (subject to hydrolysis) is 1. The van der Waals surface area contributed by atoms with E-state index in [9.17, 15) is 19.5 Å². The lowest BCUT2D eigenvalue weighted by atomic mass is 9.85. The van der Waals surface area contributed by atoms with E-state index in [4.69, 9.17) is 4.74 Å². The van der Waals surface area contributed by atoms with Crippen molar-refractivity contribution in [3.63, 3.8) is 0 Å². The fourth-order valence-electron chi connectivity index (χ4n) is 6.48. The predicted molar refractivity (Wildman–Crippen MR) is 154 cm³/mol. The van der Waals surface area contributed by atoms with Crippen molar-refractivity contribution in [3.05, 3.63) is 95.6 Å². The normalized spacial score (nSPS) is 18.6. The van der Waals surface area contributed by atoms with Gasteiger partial charge in [0.25, 0.3) is 0 Å². The number of rotatable bonds is 8. The van der Waals surface area contributed by atoms with Gasteiger partial charge < -0.3 is 20.1 Å². The van der Waals surface area contributed by atoms with Crippen LogP contribution in [0.1, 0.15) is 48.3 Å². The van der Waals surface area contributed by atoms with Crippen molar-refractivity contribution < 1.29 is 24.2 Å². The number of ether oxygens (including phenoxy) is 1. The number of aliphatic carboxylic acids is 1. The molecule has 0 atom stereocenters. The van der Waals surface area contributed by atoms with Gasteiger partial charge >= 0.3 is 12.1 Å². The number of hydrogen-bond donors (Lipinski definition) is 2. The van der Waals surface area contributed by atoms with Crippen LogP contribution in [-0.2, 0) is 20.9 Å². The molecule has 2 amide bonds. The molecule has 1 saturated carbocycles. The molecule has 0 unspecified atom stereocenters. The molecule has 0 radical (unpaired) electrons. The molecule has 2 N–H and O–H groups in total. The first-order valence-corrected chi connectivity index (χ1v) is 14.2. The number of amides is 2. The summed E-state index contributed by atoms with van der Waals surface area (Å²) in [6.07, 6.45) is 0.883. The summed E-state index contributed by atoms with van der Waals surface area (Å²) in [5, 5.41) is 12.8. The number of carboxylic acids is 1. The third-order valence-corrected chi connectivity index (χ3v) is 9.12. The van der Waals surface area contributed by atoms with Crippen molar-refractivity contribution in [2.75, 3.05) is 26.7 Å². The van der Waals surface area contributed by atoms with Gasteiger partial charge in [0.2, 0.25) is 5.91 Å². The Morgan fingerprint density at radius 1 is 0.878 bits per heavy atom. The summed E-state index contributed by atoms with van der Waals surface area (Å²) in [4.78, 5) is 43.0. The molecule has 2 aliphatic carbocycles. The van der Waals surface area contributed by atoms with Gasteiger partial charge in [-0.2, -0.15) is 0 Å². The van der Waals surface area contributed by atoms with Gasteiger partial charge in [0, 0.05) is 32.6 Å². The Morgan fingerprint density at radius 3 is 2.00 bits per heavy atom. The number of carboxylic acid groups (broad SMARTS) is 1. The highest BCUT2D eigenvalue weighted by Gasteiger charge is 2.59. The molecule has 212 valence electrons. The molecule has 8 nitrogen and oxygen atoms in total. The fraction of sp³-hybridized carbons (Fsp3) is 0.364. The number of likely N-dealkylation sites (N-methyl/N-ethyl adjacent to an activating group) is 1. The van der Waals surface area contributed by atoms with Crippen molar-refractivity contribution in [2.45, 2.75) is 49.2 Å². The predicted octanol–water partition coefficient (Wildman–Crippen LogP) is 4.64. The Morgan fingerprint density at radius 2 is 1.44 bits per heavy atom. The van der Waals surface area contributed by atoms with Gasteiger partial charge in [-0.25, -0.2) is 9.59 Å². The average Bonchev–Trinajstić information content (AvgIpc) is 3.75. The minimum Gasteiger partial charge on any atom is -0.479 e. The van der Waals surface area contributed by atoms with E-state index < -0.39 is 23.1 Å². The summed E-state index contributed by atoms with van der Waals surface area (Å²) in [6.45, 7) is 2.04. The van der Waals surface area contributed by atoms with Gasteiger partial charge in [0.05, 0.1) is 0 Å². The number of carbonyl (C=O) groups is 3. The highest BCUT2D eigenvalue weighted by molar-refractivity contribution is 5.95. The molecule has 3 aromatic carbocycles. The summed E-state index contributed by atoms with van der Waals surface area (Å²) < 4.78 is 5.82. The number of benzene rings is 3. The molecule has 3 aliphatic rings. The van der Waals surface area contributed by atoms with E-state index in [0.717, 1.165) is 28.8 Å². The first-order valence-electron chi connectivity index (χ1n) is 14.2. The van der Waals surface area contributed by atoms with Crippen molar-refractivity contribution in [1.29, 1.82) is 0 Å². The van der Waals surface area contributed by atoms with Gasteiger partial charge in [0.15, 0.2) is 0 Å². The lowest BCUT2D eigenvalue weighted by Gasteiger charge is -2.43. The Balaban J connectivity index is 1.18. The van der Waals surface area contributed by atoms with Crippen LogP contribution in [0.2, 0.25) is 0 Å². The summed E-state index contributed by atoms with van der Waals surface area (Å²) >= 11 is 0. The van der Waals surface area contributed by atoms with E-state index >= 15 is 0 Å². The van der Waals surface area contributed by atoms with E-state index in [1.165, 1.54) is 10.5 Å². The van der Waals surface area contributed by atoms with Crippen LogP contribution in [-0.4, -0.2) is 70.7 Å². The number of piperidine rings is 1. The van der Waals surface area contributed by atoms with E-state index in [1.54, 1.807) is 7.05 Å². The van der Waals surface area contributed by atoms with Crippen LogP contribution in [0.5, 0.6) is 0 Å². The first kappa shape index (κ1) is 27.0. The van der Waals surface area contributed by atoms with Crippen LogP contribution in [0, 0.1) is 0 Å². The minimum absolute atomic E-state index is 0.100. The zero-order chi connectivity index (χ0) is 28.6. The molecule has 3 aromatic rings. The molecular weight excluding hydrogens is 518 g/mol. The van der Waals surface area contributed by atoms with E-state index in [0.29, 0.717) is 38.8 Å². The van der Waals surface area contributed by atoms with Crippen LogP contribution in [0.15, 0.2) is 78.9 Å². The fourth-order valence-corrected chi connectivity index (χ4v) is 6.48. The van der Waals surface area contributed by atoms with Gasteiger partial charge in [-0.1, -0.05) is 78.9 Å². The third-order valence-electron chi connectivity index (χ3n) is 9.12. The maximum Gasteiger partial charge on any atom is 0.408 e. The minimum atomic E-state index is -1.24. The Bertz CT molecular complexity index is 1410. The number of fused-ring (bicyclic) bond motifs is 3. The van der Waals surface area contributed by atoms with Crippen LogP contribution in [0.25, 0.3) is 11.1 Å². The molecular formula is C33H35N3O5. The second-order valence-corrected chi connectivity index (χ2v) is 11.5. The molecule has 6 rings (SSSR count). The standard InChI is InChI=1S/C33H35N3O5/c1-35(33(15-16-33)30(38)39)29(37)32(17-19-36(20-18-32)21-23-9-3-2-4-10-23)34-31(40)41-22-28-26-13-7-5-11-24(26)25-12-6-8-14-27(25)28/h2-14,28H,15-22H2,1H3,(H,34,40)(H,38,39). The van der Waals surface area contributed by atoms with E-state index in [-0.39, 0.29) is 18.4 Å². The third kappa shape index (κ3) is 4.97. The van der Waals surface area contributed by atoms with Gasteiger partial charge in [0.1, 0.15) is 17.7 Å². The molecule has 0 bridgehead atoms. The van der Waals surface area contributed by atoms with Crippen molar-refractivity contribution in [3.8, 4) is 11.1 Å². The highest BCUT2D eigenvalue weighted by atomic mass is 16.5. The van der Waals surface area contributed by atoms with Crippen molar-refractivity contribution in [2.24, 2.45) is 0 Å². The van der Waals surface area contributed by atoms with Crippen molar-refractivity contribution >= 4 is 18.0 Å². The molecule has 0 spiro atoms. The summed E-state index contributed by atoms with van der Waals surface area (Å²) in [7, 11) is 1.54. The number of hydrogen-bond acceptors (Lipinski definition) is 5. The Labute approximate surface area is 239 Å². The molecule has 1 saturated heterocycles. The highest BCUT2D eigenvalue weighted by Crippen LogP contribution is 2.45. The maximum atomic E-state index is 14.0. The second kappa shape index (κ2) is 10.7. The van der Waals surface area contributed by atoms with Crippen LogP contribution >= 0.6 is 0 Å². The van der Waals surface area contributed by atoms with Gasteiger partial charge in [-0.05, 0) is 53.5 Å². The SMILES string of the molecule is CN(C(=O)C1(NC(=O)OCC2c3ccccc3-c3ccccc32)CCN(Cc2ccccc2)CC1)C1(C(=O)O)CC1. The number of likely N-dealkylation sites (tertiary alicyclic amines) is 1. The summed E-state index contributed by atoms with van der Waals surface area (Å²) in [6, 6.07) is 26.4. The van der Waals surface area contributed by atoms with Crippen molar-refractivity contribution in [1.82, 2.24) is 15.1 Å².